The number of nitrogens with one attached hydrogen (secondary N) is 1. The second-order valence-corrected chi connectivity index (χ2v) is 6.84. The fourth-order valence-electron chi connectivity index (χ4n) is 2.74. The second-order valence-electron chi connectivity index (χ2n) is 5.98. The van der Waals surface area contributed by atoms with Gasteiger partial charge in [-0.1, -0.05) is 19.9 Å². The van der Waals surface area contributed by atoms with Crippen molar-refractivity contribution in [1.82, 2.24) is 5.32 Å². The molecule has 0 radical (unpaired) electrons. The Hall–Kier alpha value is -0.580. The Morgan fingerprint density at radius 1 is 1.45 bits per heavy atom. The first kappa shape index (κ1) is 15.8. The van der Waals surface area contributed by atoms with Crippen molar-refractivity contribution in [1.29, 1.82) is 0 Å². The predicted octanol–water partition coefficient (Wildman–Crippen LogP) is 3.16. The summed E-state index contributed by atoms with van der Waals surface area (Å²) >= 11 is 3.68. The number of aliphatic hydroxyl groups excluding tert-OH is 1. The predicted molar refractivity (Wildman–Crippen MR) is 88.1 cm³/mol. The van der Waals surface area contributed by atoms with Crippen LogP contribution in [0.25, 0.3) is 0 Å². The summed E-state index contributed by atoms with van der Waals surface area (Å²) in [5.41, 5.74) is 2.50. The molecule has 0 bridgehead atoms. The Morgan fingerprint density at radius 3 is 2.90 bits per heavy atom. The number of hydrogen-bond donors (Lipinski definition) is 2. The highest BCUT2D eigenvalue weighted by Gasteiger charge is 2.25. The molecule has 1 saturated heterocycles. The van der Waals surface area contributed by atoms with Crippen LogP contribution in [0.3, 0.4) is 0 Å². The van der Waals surface area contributed by atoms with Crippen molar-refractivity contribution in [2.75, 3.05) is 24.6 Å². The van der Waals surface area contributed by atoms with Crippen LogP contribution in [0.5, 0.6) is 0 Å². The molecule has 20 heavy (non-hydrogen) atoms. The van der Waals surface area contributed by atoms with Crippen molar-refractivity contribution >= 4 is 21.6 Å². The van der Waals surface area contributed by atoms with E-state index in [2.05, 4.69) is 58.2 Å². The van der Waals surface area contributed by atoms with Gasteiger partial charge in [-0.05, 0) is 58.9 Å². The number of rotatable bonds is 6. The molecule has 2 N–H and O–H groups in total. The summed E-state index contributed by atoms with van der Waals surface area (Å²) in [6, 6.07) is 6.82. The highest BCUT2D eigenvalue weighted by Crippen LogP contribution is 2.32. The van der Waals surface area contributed by atoms with Crippen molar-refractivity contribution < 1.29 is 5.11 Å². The molecule has 1 fully saturated rings. The van der Waals surface area contributed by atoms with Gasteiger partial charge in [0.05, 0.1) is 18.3 Å². The SMILES string of the molecule is CC(C)CNCc1ccc(N2CCCC2CO)c(Br)c1. The molecule has 0 spiro atoms. The smallest absolute Gasteiger partial charge is 0.0635 e. The Labute approximate surface area is 130 Å². The average Bonchev–Trinajstić information content (AvgIpc) is 2.86. The van der Waals surface area contributed by atoms with Crippen LogP contribution in [-0.4, -0.2) is 30.8 Å². The van der Waals surface area contributed by atoms with Gasteiger partial charge in [0, 0.05) is 17.6 Å². The van der Waals surface area contributed by atoms with Crippen molar-refractivity contribution in [3.8, 4) is 0 Å². The maximum atomic E-state index is 9.44. The molecule has 0 amide bonds. The standard InChI is InChI=1S/C16H25BrN2O/c1-12(2)9-18-10-13-5-6-16(15(17)8-13)19-7-3-4-14(19)11-20/h5-6,8,12,14,18,20H,3-4,7,9-11H2,1-2H3. The minimum absolute atomic E-state index is 0.240. The lowest BCUT2D eigenvalue weighted by atomic mass is 10.1. The van der Waals surface area contributed by atoms with E-state index >= 15 is 0 Å². The van der Waals surface area contributed by atoms with Crippen LogP contribution in [0.1, 0.15) is 32.3 Å². The van der Waals surface area contributed by atoms with E-state index in [-0.39, 0.29) is 12.6 Å². The Kier molecular flexibility index (Phi) is 5.87. The molecule has 1 aromatic rings. The summed E-state index contributed by atoms with van der Waals surface area (Å²) in [6.07, 6.45) is 2.25. The quantitative estimate of drug-likeness (QED) is 0.834. The minimum atomic E-state index is 0.240. The summed E-state index contributed by atoms with van der Waals surface area (Å²) < 4.78 is 1.13. The topological polar surface area (TPSA) is 35.5 Å². The van der Waals surface area contributed by atoms with Gasteiger partial charge in [0.1, 0.15) is 0 Å². The van der Waals surface area contributed by atoms with Gasteiger partial charge in [0.2, 0.25) is 0 Å². The third-order valence-corrected chi connectivity index (χ3v) is 4.43. The number of anilines is 1. The zero-order chi connectivity index (χ0) is 14.5. The molecule has 1 aliphatic heterocycles. The maximum Gasteiger partial charge on any atom is 0.0635 e. The van der Waals surface area contributed by atoms with E-state index in [0.717, 1.165) is 36.9 Å². The number of benzene rings is 1. The van der Waals surface area contributed by atoms with Gasteiger partial charge in [-0.2, -0.15) is 0 Å². The number of halogens is 1. The molecule has 0 aromatic heterocycles. The molecule has 1 atom stereocenters. The molecule has 112 valence electrons. The van der Waals surface area contributed by atoms with Gasteiger partial charge in [-0.25, -0.2) is 0 Å². The largest absolute Gasteiger partial charge is 0.394 e. The monoisotopic (exact) mass is 340 g/mol. The molecular weight excluding hydrogens is 316 g/mol. The van der Waals surface area contributed by atoms with Gasteiger partial charge in [0.15, 0.2) is 0 Å². The molecule has 4 heteroatoms. The lowest BCUT2D eigenvalue weighted by Gasteiger charge is -2.26. The molecule has 1 unspecified atom stereocenters. The van der Waals surface area contributed by atoms with E-state index in [9.17, 15) is 5.11 Å². The molecular formula is C16H25BrN2O. The third-order valence-electron chi connectivity index (χ3n) is 3.79. The highest BCUT2D eigenvalue weighted by atomic mass is 79.9. The Bertz CT molecular complexity index is 436. The summed E-state index contributed by atoms with van der Waals surface area (Å²) in [7, 11) is 0. The van der Waals surface area contributed by atoms with Crippen molar-refractivity contribution in [3.05, 3.63) is 28.2 Å². The fourth-order valence-corrected chi connectivity index (χ4v) is 3.40. The summed E-state index contributed by atoms with van der Waals surface area (Å²) in [6.45, 7) is 7.65. The van der Waals surface area contributed by atoms with Gasteiger partial charge in [0.25, 0.3) is 0 Å². The Balaban J connectivity index is 2.02. The van der Waals surface area contributed by atoms with Crippen molar-refractivity contribution in [2.45, 2.75) is 39.3 Å². The van der Waals surface area contributed by atoms with E-state index in [4.69, 9.17) is 0 Å². The summed E-state index contributed by atoms with van der Waals surface area (Å²) in [4.78, 5) is 2.31. The van der Waals surface area contributed by atoms with Crippen molar-refractivity contribution in [3.63, 3.8) is 0 Å². The van der Waals surface area contributed by atoms with Crippen LogP contribution in [0, 0.1) is 5.92 Å². The zero-order valence-electron chi connectivity index (χ0n) is 12.4. The average molecular weight is 341 g/mol. The van der Waals surface area contributed by atoms with E-state index in [1.807, 2.05) is 0 Å². The van der Waals surface area contributed by atoms with Gasteiger partial charge in [-0.3, -0.25) is 0 Å². The number of hydrogen-bond acceptors (Lipinski definition) is 3. The molecule has 0 saturated carbocycles. The van der Waals surface area contributed by atoms with Gasteiger partial charge in [-0.15, -0.1) is 0 Å². The van der Waals surface area contributed by atoms with E-state index < -0.39 is 0 Å². The van der Waals surface area contributed by atoms with Crippen LogP contribution >= 0.6 is 15.9 Å². The van der Waals surface area contributed by atoms with Crippen LogP contribution < -0.4 is 10.2 Å². The van der Waals surface area contributed by atoms with Gasteiger partial charge >= 0.3 is 0 Å². The fraction of sp³-hybridized carbons (Fsp3) is 0.625. The third kappa shape index (κ3) is 3.96. The van der Waals surface area contributed by atoms with Crippen molar-refractivity contribution in [2.24, 2.45) is 5.92 Å². The lowest BCUT2D eigenvalue weighted by molar-refractivity contribution is 0.266. The summed E-state index contributed by atoms with van der Waals surface area (Å²) in [5.74, 6) is 0.674. The van der Waals surface area contributed by atoms with Crippen LogP contribution in [0.2, 0.25) is 0 Å². The van der Waals surface area contributed by atoms with Crippen LogP contribution in [-0.2, 0) is 6.54 Å². The molecule has 1 aliphatic rings. The zero-order valence-corrected chi connectivity index (χ0v) is 14.0. The van der Waals surface area contributed by atoms with E-state index in [1.54, 1.807) is 0 Å². The van der Waals surface area contributed by atoms with E-state index in [0.29, 0.717) is 5.92 Å². The number of nitrogens with zero attached hydrogens (tertiary/aromatic N) is 1. The normalized spacial score (nSPS) is 19.1. The second kappa shape index (κ2) is 7.43. The molecule has 2 rings (SSSR count). The Morgan fingerprint density at radius 2 is 2.25 bits per heavy atom. The van der Waals surface area contributed by atoms with E-state index in [1.165, 1.54) is 11.3 Å². The molecule has 1 heterocycles. The molecule has 0 aliphatic carbocycles. The minimum Gasteiger partial charge on any atom is -0.394 e. The number of aliphatic hydroxyl groups is 1. The molecule has 1 aromatic carbocycles. The van der Waals surface area contributed by atoms with Crippen LogP contribution in [0.4, 0.5) is 5.69 Å². The first-order valence-electron chi connectivity index (χ1n) is 7.48. The summed E-state index contributed by atoms with van der Waals surface area (Å²) in [5, 5.41) is 12.9. The van der Waals surface area contributed by atoms with Gasteiger partial charge < -0.3 is 15.3 Å². The lowest BCUT2D eigenvalue weighted by Crippen LogP contribution is -2.32. The first-order valence-corrected chi connectivity index (χ1v) is 8.27. The highest BCUT2D eigenvalue weighted by molar-refractivity contribution is 9.10. The maximum absolute atomic E-state index is 9.44. The first-order chi connectivity index (χ1) is 9.61. The molecule has 3 nitrogen and oxygen atoms in total. The van der Waals surface area contributed by atoms with Crippen LogP contribution in [0.15, 0.2) is 22.7 Å².